The Kier molecular flexibility index (Phi) is 13.2. The van der Waals surface area contributed by atoms with Gasteiger partial charge >= 0.3 is 0 Å². The summed E-state index contributed by atoms with van der Waals surface area (Å²) in [6.07, 6.45) is 7.11. The summed E-state index contributed by atoms with van der Waals surface area (Å²) < 4.78 is 45.5. The summed E-state index contributed by atoms with van der Waals surface area (Å²) in [4.78, 5) is 12.7. The topological polar surface area (TPSA) is 115 Å². The maximum absolute atomic E-state index is 12.7. The lowest BCUT2D eigenvalue weighted by molar-refractivity contribution is 0.0935. The van der Waals surface area contributed by atoms with Crippen molar-refractivity contribution in [2.45, 2.75) is 31.8 Å². The first-order valence-electron chi connectivity index (χ1n) is 16.9. The number of carbonyl (C=O) groups is 1. The molecule has 4 aromatic rings. The van der Waals surface area contributed by atoms with E-state index in [1.165, 1.54) is 0 Å². The lowest BCUT2D eigenvalue weighted by atomic mass is 10.1. The largest absolute Gasteiger partial charge is 0.493 e. The number of amides is 1. The average Bonchev–Trinajstić information content (AvgIpc) is 3.17. The highest BCUT2D eigenvalue weighted by molar-refractivity contribution is 6.31. The third kappa shape index (κ3) is 9.08. The van der Waals surface area contributed by atoms with E-state index in [2.05, 4.69) is 10.6 Å². The Bertz CT molecular complexity index is 1830. The fraction of sp³-hybridized carbons (Fsp3) is 0.325. The minimum absolute atomic E-state index is 0.194. The van der Waals surface area contributed by atoms with Crippen LogP contribution in [0.25, 0.3) is 12.2 Å². The molecule has 0 saturated heterocycles. The number of benzene rings is 4. The second-order valence-corrected chi connectivity index (χ2v) is 12.2. The lowest BCUT2D eigenvalue weighted by Gasteiger charge is -2.28. The minimum Gasteiger partial charge on any atom is -0.493 e. The number of carbonyl (C=O) groups excluding carboxylic acids is 1. The number of methoxy groups -OCH3 is 6. The van der Waals surface area contributed by atoms with Gasteiger partial charge in [0.1, 0.15) is 6.17 Å². The molecule has 0 saturated carbocycles. The number of ether oxygens (including phenoxy) is 8. The van der Waals surface area contributed by atoms with E-state index in [0.717, 1.165) is 48.1 Å². The van der Waals surface area contributed by atoms with Crippen molar-refractivity contribution in [2.75, 3.05) is 61.2 Å². The van der Waals surface area contributed by atoms with E-state index in [0.29, 0.717) is 69.8 Å². The number of hydrogen-bond donors (Lipinski definition) is 2. The van der Waals surface area contributed by atoms with E-state index >= 15 is 0 Å². The van der Waals surface area contributed by atoms with Gasteiger partial charge in [0.25, 0.3) is 5.91 Å². The Labute approximate surface area is 309 Å². The number of rotatable bonds is 18. The van der Waals surface area contributed by atoms with Gasteiger partial charge in [-0.15, -0.1) is 0 Å². The van der Waals surface area contributed by atoms with Crippen LogP contribution in [0.3, 0.4) is 0 Å². The molecular weight excluding hydrogens is 688 g/mol. The Balaban J connectivity index is 1.09. The SMILES string of the molecule is COc1cc(C2NC(=O)c3cc(Cl)ccc3N2)ccc1OCCCCCCOc1c(OC)cc(C=Cc2cc(OC)c(OC)c(OC)c2)cc1OC. The molecule has 2 N–H and O–H groups in total. The molecule has 0 bridgehead atoms. The van der Waals surface area contributed by atoms with Crippen molar-refractivity contribution in [3.05, 3.63) is 87.9 Å². The molecule has 5 rings (SSSR count). The van der Waals surface area contributed by atoms with Crippen molar-refractivity contribution < 1.29 is 42.7 Å². The van der Waals surface area contributed by atoms with Crippen LogP contribution in [0.4, 0.5) is 5.69 Å². The monoisotopic (exact) mass is 732 g/mol. The van der Waals surface area contributed by atoms with Crippen LogP contribution in [0.15, 0.2) is 60.7 Å². The van der Waals surface area contributed by atoms with Crippen LogP contribution in [-0.4, -0.2) is 61.8 Å². The van der Waals surface area contributed by atoms with Crippen LogP contribution >= 0.6 is 11.6 Å². The molecule has 11 nitrogen and oxygen atoms in total. The Morgan fingerprint density at radius 1 is 0.577 bits per heavy atom. The highest BCUT2D eigenvalue weighted by Gasteiger charge is 2.25. The molecule has 1 amide bonds. The van der Waals surface area contributed by atoms with E-state index < -0.39 is 6.17 Å². The zero-order valence-corrected chi connectivity index (χ0v) is 31.1. The van der Waals surface area contributed by atoms with Crippen molar-refractivity contribution in [2.24, 2.45) is 0 Å². The van der Waals surface area contributed by atoms with E-state index in [-0.39, 0.29) is 5.91 Å². The minimum atomic E-state index is -0.415. The van der Waals surface area contributed by atoms with Gasteiger partial charge in [-0.05, 0) is 97.0 Å². The molecule has 1 atom stereocenters. The van der Waals surface area contributed by atoms with E-state index in [9.17, 15) is 4.79 Å². The molecule has 12 heteroatoms. The van der Waals surface area contributed by atoms with Crippen molar-refractivity contribution in [3.63, 3.8) is 0 Å². The second kappa shape index (κ2) is 18.2. The molecule has 0 aliphatic carbocycles. The van der Waals surface area contributed by atoms with Gasteiger partial charge in [-0.25, -0.2) is 0 Å². The lowest BCUT2D eigenvalue weighted by Crippen LogP contribution is -2.38. The molecule has 1 aliphatic rings. The molecule has 1 aliphatic heterocycles. The maximum atomic E-state index is 12.7. The first kappa shape index (κ1) is 37.8. The Hall–Kier alpha value is -5.42. The summed E-state index contributed by atoms with van der Waals surface area (Å²) in [6, 6.07) is 18.4. The standard InChI is InChI=1S/C40H45ClN2O9/c1-45-32-23-27(39-42-30-15-14-28(41)24-29(30)40(44)43-39)13-16-31(32)51-17-9-7-8-10-18-52-38-35(48-4)21-26(22-36(38)49-5)12-11-25-19-33(46-2)37(50-6)34(20-25)47-3/h11-16,19-24,39,42H,7-10,17-18H2,1-6H3,(H,43,44). The molecule has 0 radical (unpaired) electrons. The molecule has 0 spiro atoms. The predicted octanol–water partition coefficient (Wildman–Crippen LogP) is 8.43. The van der Waals surface area contributed by atoms with Crippen molar-refractivity contribution in [3.8, 4) is 46.0 Å². The summed E-state index contributed by atoms with van der Waals surface area (Å²) in [5, 5.41) is 6.81. The van der Waals surface area contributed by atoms with Gasteiger partial charge in [-0.3, -0.25) is 4.79 Å². The molecule has 276 valence electrons. The second-order valence-electron chi connectivity index (χ2n) is 11.8. The molecule has 4 aromatic carbocycles. The molecule has 0 fully saturated rings. The molecule has 0 aromatic heterocycles. The van der Waals surface area contributed by atoms with Gasteiger partial charge in [-0.1, -0.05) is 29.8 Å². The highest BCUT2D eigenvalue weighted by Crippen LogP contribution is 2.41. The zero-order valence-electron chi connectivity index (χ0n) is 30.3. The van der Waals surface area contributed by atoms with Crippen molar-refractivity contribution in [1.29, 1.82) is 0 Å². The number of nitrogens with one attached hydrogen (secondary N) is 2. The molecular formula is C40H45ClN2O9. The normalized spacial score (nSPS) is 13.4. The average molecular weight is 733 g/mol. The van der Waals surface area contributed by atoms with Crippen molar-refractivity contribution in [1.82, 2.24) is 5.32 Å². The first-order valence-corrected chi connectivity index (χ1v) is 17.2. The summed E-state index contributed by atoms with van der Waals surface area (Å²) in [5.74, 6) is 4.44. The smallest absolute Gasteiger partial charge is 0.255 e. The summed E-state index contributed by atoms with van der Waals surface area (Å²) in [6.45, 7) is 1.04. The Morgan fingerprint density at radius 2 is 1.13 bits per heavy atom. The van der Waals surface area contributed by atoms with Gasteiger partial charge < -0.3 is 48.5 Å². The van der Waals surface area contributed by atoms with Crippen LogP contribution in [0.1, 0.15) is 58.9 Å². The summed E-state index contributed by atoms with van der Waals surface area (Å²) in [7, 11) is 9.57. The number of halogens is 1. The quantitative estimate of drug-likeness (QED) is 0.0763. The van der Waals surface area contributed by atoms with E-state index in [4.69, 9.17) is 49.5 Å². The van der Waals surface area contributed by atoms with Gasteiger partial charge in [-0.2, -0.15) is 0 Å². The predicted molar refractivity (Wildman–Crippen MR) is 202 cm³/mol. The third-order valence-corrected chi connectivity index (χ3v) is 8.74. The van der Waals surface area contributed by atoms with Crippen LogP contribution in [0.5, 0.6) is 46.0 Å². The number of hydrogen-bond acceptors (Lipinski definition) is 10. The van der Waals surface area contributed by atoms with Crippen molar-refractivity contribution >= 4 is 35.3 Å². The van der Waals surface area contributed by atoms with E-state index in [1.54, 1.807) is 60.9 Å². The summed E-state index contributed by atoms with van der Waals surface area (Å²) >= 11 is 6.06. The number of anilines is 1. The molecule has 1 heterocycles. The third-order valence-electron chi connectivity index (χ3n) is 8.50. The maximum Gasteiger partial charge on any atom is 0.255 e. The number of fused-ring (bicyclic) bond motifs is 1. The fourth-order valence-corrected chi connectivity index (χ4v) is 6.00. The van der Waals surface area contributed by atoms with Gasteiger partial charge in [0.15, 0.2) is 34.5 Å². The number of unbranched alkanes of at least 4 members (excludes halogenated alkanes) is 3. The van der Waals surface area contributed by atoms with E-state index in [1.807, 2.05) is 54.6 Å². The van der Waals surface area contributed by atoms with Crippen LogP contribution < -0.4 is 48.5 Å². The summed E-state index contributed by atoms with van der Waals surface area (Å²) in [5.41, 5.74) is 3.81. The van der Waals surface area contributed by atoms with Crippen LogP contribution in [-0.2, 0) is 0 Å². The zero-order chi connectivity index (χ0) is 37.0. The molecule has 1 unspecified atom stereocenters. The fourth-order valence-electron chi connectivity index (χ4n) is 5.82. The van der Waals surface area contributed by atoms with Gasteiger partial charge in [0.05, 0.1) is 61.4 Å². The molecule has 52 heavy (non-hydrogen) atoms. The van der Waals surface area contributed by atoms with Crippen LogP contribution in [0, 0.1) is 0 Å². The van der Waals surface area contributed by atoms with Gasteiger partial charge in [0.2, 0.25) is 11.5 Å². The van der Waals surface area contributed by atoms with Crippen LogP contribution in [0.2, 0.25) is 5.02 Å². The highest BCUT2D eigenvalue weighted by atomic mass is 35.5. The van der Waals surface area contributed by atoms with Gasteiger partial charge in [0, 0.05) is 10.7 Å². The Morgan fingerprint density at radius 3 is 1.69 bits per heavy atom. The first-order chi connectivity index (χ1) is 25.3.